The Morgan fingerprint density at radius 2 is 2.14 bits per heavy atom. The SMILES string of the molecule is CC1(C)C2CCC1(C=Cc1cccc([N+](=O)[O-])c1)C(=O)C2. The molecule has 110 valence electrons. The highest BCUT2D eigenvalue weighted by Crippen LogP contribution is 2.64. The lowest BCUT2D eigenvalue weighted by Gasteiger charge is -2.33. The van der Waals surface area contributed by atoms with E-state index in [1.165, 1.54) is 6.07 Å². The molecule has 0 heterocycles. The first-order chi connectivity index (χ1) is 9.87. The number of nitro groups is 1. The van der Waals surface area contributed by atoms with Gasteiger partial charge in [-0.25, -0.2) is 0 Å². The van der Waals surface area contributed by atoms with Crippen molar-refractivity contribution in [1.82, 2.24) is 0 Å². The quantitative estimate of drug-likeness (QED) is 0.623. The van der Waals surface area contributed by atoms with Crippen LogP contribution in [0.5, 0.6) is 0 Å². The monoisotopic (exact) mass is 285 g/mol. The van der Waals surface area contributed by atoms with Gasteiger partial charge in [-0.2, -0.15) is 0 Å². The van der Waals surface area contributed by atoms with E-state index >= 15 is 0 Å². The van der Waals surface area contributed by atoms with Gasteiger partial charge < -0.3 is 0 Å². The summed E-state index contributed by atoms with van der Waals surface area (Å²) in [7, 11) is 0. The molecule has 1 aromatic rings. The first-order valence-corrected chi connectivity index (χ1v) is 7.34. The maximum absolute atomic E-state index is 12.4. The molecule has 4 nitrogen and oxygen atoms in total. The van der Waals surface area contributed by atoms with Crippen LogP contribution in [0.15, 0.2) is 30.3 Å². The number of benzene rings is 1. The second-order valence-corrected chi connectivity index (χ2v) is 6.74. The maximum Gasteiger partial charge on any atom is 0.270 e. The molecule has 0 amide bonds. The van der Waals surface area contributed by atoms with Gasteiger partial charge in [0.2, 0.25) is 0 Å². The molecule has 2 fully saturated rings. The van der Waals surface area contributed by atoms with Gasteiger partial charge in [0.25, 0.3) is 5.69 Å². The van der Waals surface area contributed by atoms with Crippen molar-refractivity contribution in [3.05, 3.63) is 46.0 Å². The number of allylic oxidation sites excluding steroid dienone is 1. The van der Waals surface area contributed by atoms with Crippen molar-refractivity contribution in [2.45, 2.75) is 33.1 Å². The lowest BCUT2D eigenvalue weighted by Crippen LogP contribution is -2.33. The van der Waals surface area contributed by atoms with Crippen LogP contribution in [-0.2, 0) is 4.79 Å². The molecule has 0 saturated heterocycles. The summed E-state index contributed by atoms with van der Waals surface area (Å²) in [5, 5.41) is 10.8. The van der Waals surface area contributed by atoms with Crippen LogP contribution in [0.1, 0.15) is 38.7 Å². The number of nitrogens with zero attached hydrogens (tertiary/aromatic N) is 1. The number of ketones is 1. The second kappa shape index (κ2) is 4.52. The van der Waals surface area contributed by atoms with E-state index in [1.807, 2.05) is 18.2 Å². The Kier molecular flexibility index (Phi) is 3.01. The summed E-state index contributed by atoms with van der Waals surface area (Å²) in [5.74, 6) is 0.796. The fraction of sp³-hybridized carbons (Fsp3) is 0.471. The minimum absolute atomic E-state index is 0.0126. The van der Waals surface area contributed by atoms with Crippen molar-refractivity contribution in [1.29, 1.82) is 0 Å². The predicted molar refractivity (Wildman–Crippen MR) is 80.7 cm³/mol. The van der Waals surface area contributed by atoms with Gasteiger partial charge in [-0.3, -0.25) is 14.9 Å². The van der Waals surface area contributed by atoms with Crippen molar-refractivity contribution in [3.63, 3.8) is 0 Å². The third-order valence-electron chi connectivity index (χ3n) is 5.63. The third kappa shape index (κ3) is 1.93. The van der Waals surface area contributed by atoms with Gasteiger partial charge in [-0.15, -0.1) is 0 Å². The average molecular weight is 285 g/mol. The lowest BCUT2D eigenvalue weighted by molar-refractivity contribution is -0.384. The molecule has 0 radical (unpaired) electrons. The Morgan fingerprint density at radius 1 is 1.38 bits per heavy atom. The number of carbonyl (C=O) groups excluding carboxylic acids is 1. The molecule has 2 atom stereocenters. The Bertz CT molecular complexity index is 647. The van der Waals surface area contributed by atoms with Crippen LogP contribution in [0.3, 0.4) is 0 Å². The largest absolute Gasteiger partial charge is 0.299 e. The van der Waals surface area contributed by atoms with Crippen molar-refractivity contribution in [2.24, 2.45) is 16.7 Å². The number of non-ortho nitro benzene ring substituents is 1. The molecule has 2 unspecified atom stereocenters. The third-order valence-corrected chi connectivity index (χ3v) is 5.63. The van der Waals surface area contributed by atoms with Crippen molar-refractivity contribution in [3.8, 4) is 0 Å². The van der Waals surface area contributed by atoms with Crippen LogP contribution in [0.2, 0.25) is 0 Å². The molecular weight excluding hydrogens is 266 g/mol. The van der Waals surface area contributed by atoms with E-state index in [-0.39, 0.29) is 16.5 Å². The molecule has 0 aromatic heterocycles. The normalized spacial score (nSPS) is 30.2. The standard InChI is InChI=1S/C17H19NO3/c1-16(2)13-7-9-17(16,15(19)11-13)8-6-12-4-3-5-14(10-12)18(20)21/h3-6,8,10,13H,7,9,11H2,1-2H3. The van der Waals surface area contributed by atoms with Gasteiger partial charge in [-0.05, 0) is 29.7 Å². The fourth-order valence-corrected chi connectivity index (χ4v) is 4.08. The van der Waals surface area contributed by atoms with E-state index < -0.39 is 4.92 Å². The summed E-state index contributed by atoms with van der Waals surface area (Å²) in [5.41, 5.74) is 0.456. The molecule has 0 spiro atoms. The summed E-state index contributed by atoms with van der Waals surface area (Å²) < 4.78 is 0. The smallest absolute Gasteiger partial charge is 0.270 e. The zero-order valence-electron chi connectivity index (χ0n) is 12.3. The number of hydrogen-bond acceptors (Lipinski definition) is 3. The van der Waals surface area contributed by atoms with Crippen molar-refractivity contribution in [2.75, 3.05) is 0 Å². The summed E-state index contributed by atoms with van der Waals surface area (Å²) in [6.45, 7) is 4.35. The van der Waals surface area contributed by atoms with Crippen LogP contribution in [0.25, 0.3) is 6.08 Å². The van der Waals surface area contributed by atoms with Crippen LogP contribution in [0, 0.1) is 26.9 Å². The van der Waals surface area contributed by atoms with E-state index in [0.29, 0.717) is 18.1 Å². The zero-order valence-corrected chi connectivity index (χ0v) is 12.3. The molecular formula is C17H19NO3. The first kappa shape index (κ1) is 14.0. The number of nitro benzene ring substituents is 1. The van der Waals surface area contributed by atoms with E-state index in [2.05, 4.69) is 13.8 Å². The van der Waals surface area contributed by atoms with Crippen LogP contribution < -0.4 is 0 Å². The van der Waals surface area contributed by atoms with Gasteiger partial charge in [-0.1, -0.05) is 38.1 Å². The van der Waals surface area contributed by atoms with Crippen LogP contribution in [-0.4, -0.2) is 10.7 Å². The highest BCUT2D eigenvalue weighted by Gasteiger charge is 2.62. The van der Waals surface area contributed by atoms with Crippen LogP contribution in [0.4, 0.5) is 5.69 Å². The molecule has 21 heavy (non-hydrogen) atoms. The summed E-state index contributed by atoms with van der Waals surface area (Å²) in [6.07, 6.45) is 6.54. The Hall–Kier alpha value is -1.97. The van der Waals surface area contributed by atoms with Gasteiger partial charge >= 0.3 is 0 Å². The number of hydrogen-bond donors (Lipinski definition) is 0. The van der Waals surface area contributed by atoms with E-state index in [4.69, 9.17) is 0 Å². The number of fused-ring (bicyclic) bond motifs is 2. The molecule has 1 aromatic carbocycles. The number of rotatable bonds is 3. The van der Waals surface area contributed by atoms with Gasteiger partial charge in [0, 0.05) is 18.6 Å². The van der Waals surface area contributed by atoms with Gasteiger partial charge in [0.1, 0.15) is 5.78 Å². The number of Topliss-reactive ketones (excluding diaryl/α,β-unsaturated/α-hetero) is 1. The maximum atomic E-state index is 12.4. The highest BCUT2D eigenvalue weighted by molar-refractivity contribution is 5.92. The molecule has 2 aliphatic rings. The van der Waals surface area contributed by atoms with E-state index in [9.17, 15) is 14.9 Å². The highest BCUT2D eigenvalue weighted by atomic mass is 16.6. The molecule has 2 bridgehead atoms. The van der Waals surface area contributed by atoms with Crippen molar-refractivity contribution >= 4 is 17.5 Å². The summed E-state index contributed by atoms with van der Waals surface area (Å²) >= 11 is 0. The second-order valence-electron chi connectivity index (χ2n) is 6.74. The van der Waals surface area contributed by atoms with Crippen molar-refractivity contribution < 1.29 is 9.72 Å². The predicted octanol–water partition coefficient (Wildman–Crippen LogP) is 4.00. The van der Waals surface area contributed by atoms with E-state index in [1.54, 1.807) is 12.1 Å². The lowest BCUT2D eigenvalue weighted by atomic mass is 9.68. The van der Waals surface area contributed by atoms with E-state index in [0.717, 1.165) is 18.4 Å². The summed E-state index contributed by atoms with van der Waals surface area (Å²) in [4.78, 5) is 22.8. The Labute approximate surface area is 124 Å². The Balaban J connectivity index is 1.94. The van der Waals surface area contributed by atoms with Gasteiger partial charge in [0.15, 0.2) is 0 Å². The summed E-state index contributed by atoms with van der Waals surface area (Å²) in [6, 6.07) is 6.53. The fourth-order valence-electron chi connectivity index (χ4n) is 4.08. The number of carbonyl (C=O) groups is 1. The van der Waals surface area contributed by atoms with Crippen LogP contribution >= 0.6 is 0 Å². The molecule has 0 N–H and O–H groups in total. The molecule has 2 aliphatic carbocycles. The molecule has 2 saturated carbocycles. The minimum Gasteiger partial charge on any atom is -0.299 e. The zero-order chi connectivity index (χ0) is 15.3. The molecule has 0 aliphatic heterocycles. The Morgan fingerprint density at radius 3 is 2.71 bits per heavy atom. The molecule has 3 rings (SSSR count). The minimum atomic E-state index is -0.397. The first-order valence-electron chi connectivity index (χ1n) is 7.34. The average Bonchev–Trinajstić information content (AvgIpc) is 2.80. The molecule has 4 heteroatoms. The van der Waals surface area contributed by atoms with Gasteiger partial charge in [0.05, 0.1) is 10.3 Å². The topological polar surface area (TPSA) is 60.2 Å².